The molecule has 0 radical (unpaired) electrons. The number of nitrogens with one attached hydrogen (secondary N) is 1. The standard InChI is InChI=1S/C22H24F3N3O/c1-15(29)28-12-9-16-13-18(6-8-20(16)28)26-19-14-17(22(23,24)25)5-7-21(19)27-10-3-2-4-11-27/h5-8,13-14,26H,2-4,9-12H2,1H3. The highest BCUT2D eigenvalue weighted by Gasteiger charge is 2.32. The Morgan fingerprint density at radius 3 is 2.38 bits per heavy atom. The molecule has 4 nitrogen and oxygen atoms in total. The molecule has 2 aliphatic rings. The number of alkyl halides is 3. The average Bonchev–Trinajstić information content (AvgIpc) is 3.11. The number of nitrogens with zero attached hydrogens (tertiary/aromatic N) is 2. The van der Waals surface area contributed by atoms with Crippen LogP contribution < -0.4 is 15.1 Å². The normalized spacial score (nSPS) is 16.7. The fourth-order valence-electron chi connectivity index (χ4n) is 4.19. The van der Waals surface area contributed by atoms with Gasteiger partial charge in [0.1, 0.15) is 0 Å². The molecule has 0 atom stereocenters. The van der Waals surface area contributed by atoms with Gasteiger partial charge in [0.15, 0.2) is 0 Å². The van der Waals surface area contributed by atoms with Gasteiger partial charge in [0.2, 0.25) is 5.91 Å². The number of fused-ring (bicyclic) bond motifs is 1. The summed E-state index contributed by atoms with van der Waals surface area (Å²) in [4.78, 5) is 15.6. The van der Waals surface area contributed by atoms with Crippen LogP contribution in [0, 0.1) is 0 Å². The molecule has 1 saturated heterocycles. The first-order chi connectivity index (χ1) is 13.8. The number of halogens is 3. The number of piperidine rings is 1. The van der Waals surface area contributed by atoms with E-state index in [9.17, 15) is 18.0 Å². The molecule has 1 N–H and O–H groups in total. The molecular weight excluding hydrogens is 379 g/mol. The molecule has 2 heterocycles. The fourth-order valence-corrected chi connectivity index (χ4v) is 4.19. The van der Waals surface area contributed by atoms with Gasteiger partial charge in [-0.25, -0.2) is 0 Å². The molecule has 0 bridgehead atoms. The lowest BCUT2D eigenvalue weighted by atomic mass is 10.1. The van der Waals surface area contributed by atoms with E-state index in [1.165, 1.54) is 13.0 Å². The van der Waals surface area contributed by atoms with E-state index in [0.29, 0.717) is 12.2 Å². The maximum absolute atomic E-state index is 13.3. The third kappa shape index (κ3) is 4.04. The second-order valence-corrected chi connectivity index (χ2v) is 7.67. The van der Waals surface area contributed by atoms with Crippen LogP contribution >= 0.6 is 0 Å². The van der Waals surface area contributed by atoms with Gasteiger partial charge < -0.3 is 15.1 Å². The largest absolute Gasteiger partial charge is 0.416 e. The zero-order chi connectivity index (χ0) is 20.6. The van der Waals surface area contributed by atoms with Crippen LogP contribution in [-0.4, -0.2) is 25.5 Å². The van der Waals surface area contributed by atoms with E-state index in [4.69, 9.17) is 0 Å². The van der Waals surface area contributed by atoms with Crippen molar-refractivity contribution in [3.63, 3.8) is 0 Å². The monoisotopic (exact) mass is 403 g/mol. The van der Waals surface area contributed by atoms with Crippen molar-refractivity contribution < 1.29 is 18.0 Å². The third-order valence-corrected chi connectivity index (χ3v) is 5.65. The zero-order valence-electron chi connectivity index (χ0n) is 16.4. The smallest absolute Gasteiger partial charge is 0.370 e. The van der Waals surface area contributed by atoms with Crippen LogP contribution in [0.4, 0.5) is 35.9 Å². The predicted molar refractivity (Wildman–Crippen MR) is 109 cm³/mol. The summed E-state index contributed by atoms with van der Waals surface area (Å²) in [6, 6.07) is 9.53. The molecule has 0 spiro atoms. The molecule has 1 amide bonds. The number of carbonyl (C=O) groups excluding carboxylic acids is 1. The highest BCUT2D eigenvalue weighted by Crippen LogP contribution is 2.38. The van der Waals surface area contributed by atoms with E-state index in [1.807, 2.05) is 18.2 Å². The summed E-state index contributed by atoms with van der Waals surface area (Å²) in [5, 5.41) is 3.21. The minimum absolute atomic E-state index is 0.00489. The molecule has 0 aromatic heterocycles. The van der Waals surface area contributed by atoms with Crippen LogP contribution in [0.3, 0.4) is 0 Å². The second kappa shape index (κ2) is 7.61. The Morgan fingerprint density at radius 2 is 1.69 bits per heavy atom. The molecule has 4 rings (SSSR count). The van der Waals surface area contributed by atoms with Gasteiger partial charge in [0.25, 0.3) is 0 Å². The maximum atomic E-state index is 13.3. The molecule has 0 saturated carbocycles. The molecule has 154 valence electrons. The highest BCUT2D eigenvalue weighted by atomic mass is 19.4. The number of hydrogen-bond acceptors (Lipinski definition) is 3. The topological polar surface area (TPSA) is 35.6 Å². The van der Waals surface area contributed by atoms with E-state index in [1.54, 1.807) is 11.0 Å². The van der Waals surface area contributed by atoms with Gasteiger partial charge in [-0.15, -0.1) is 0 Å². The van der Waals surface area contributed by atoms with Crippen LogP contribution in [-0.2, 0) is 17.4 Å². The Morgan fingerprint density at radius 1 is 0.966 bits per heavy atom. The summed E-state index contributed by atoms with van der Waals surface area (Å²) in [5.74, 6) is -0.00489. The molecule has 7 heteroatoms. The van der Waals surface area contributed by atoms with Crippen molar-refractivity contribution in [3.8, 4) is 0 Å². The van der Waals surface area contributed by atoms with Crippen LogP contribution in [0.5, 0.6) is 0 Å². The predicted octanol–water partition coefficient (Wildman–Crippen LogP) is 5.35. The Balaban J connectivity index is 1.67. The summed E-state index contributed by atoms with van der Waals surface area (Å²) in [6.45, 7) is 3.86. The molecular formula is C22H24F3N3O. The number of hydrogen-bond donors (Lipinski definition) is 1. The van der Waals surface area contributed by atoms with Crippen LogP contribution in [0.25, 0.3) is 0 Å². The lowest BCUT2D eigenvalue weighted by Crippen LogP contribution is -2.30. The van der Waals surface area contributed by atoms with E-state index in [2.05, 4.69) is 10.2 Å². The van der Waals surface area contributed by atoms with Gasteiger partial charge in [0, 0.05) is 37.9 Å². The van der Waals surface area contributed by atoms with Crippen LogP contribution in [0.15, 0.2) is 36.4 Å². The zero-order valence-corrected chi connectivity index (χ0v) is 16.4. The first kappa shape index (κ1) is 19.6. The summed E-state index contributed by atoms with van der Waals surface area (Å²) in [5.41, 5.74) is 3.23. The van der Waals surface area contributed by atoms with Crippen LogP contribution in [0.1, 0.15) is 37.3 Å². The first-order valence-corrected chi connectivity index (χ1v) is 9.97. The van der Waals surface area contributed by atoms with Gasteiger partial charge in [-0.2, -0.15) is 13.2 Å². The van der Waals surface area contributed by atoms with Crippen molar-refractivity contribution in [2.45, 2.75) is 38.8 Å². The SMILES string of the molecule is CC(=O)N1CCc2cc(Nc3cc(C(F)(F)F)ccc3N3CCCCC3)ccc21. The summed E-state index contributed by atoms with van der Waals surface area (Å²) < 4.78 is 39.9. The molecule has 0 aliphatic carbocycles. The quantitative estimate of drug-likeness (QED) is 0.751. The van der Waals surface area contributed by atoms with Crippen molar-refractivity contribution in [2.24, 2.45) is 0 Å². The van der Waals surface area contributed by atoms with Gasteiger partial charge in [-0.3, -0.25) is 4.79 Å². The summed E-state index contributed by atoms with van der Waals surface area (Å²) >= 11 is 0. The Bertz CT molecular complexity index is 920. The first-order valence-electron chi connectivity index (χ1n) is 9.97. The van der Waals surface area contributed by atoms with Crippen molar-refractivity contribution in [3.05, 3.63) is 47.5 Å². The molecule has 2 aromatic rings. The number of carbonyl (C=O) groups is 1. The van der Waals surface area contributed by atoms with E-state index in [-0.39, 0.29) is 5.91 Å². The number of benzene rings is 2. The summed E-state index contributed by atoms with van der Waals surface area (Å²) in [6.07, 6.45) is -0.416. The van der Waals surface area contributed by atoms with Crippen molar-refractivity contribution in [1.82, 2.24) is 0 Å². The molecule has 0 unspecified atom stereocenters. The van der Waals surface area contributed by atoms with Crippen LogP contribution in [0.2, 0.25) is 0 Å². The van der Waals surface area contributed by atoms with Gasteiger partial charge in [-0.1, -0.05) is 0 Å². The van der Waals surface area contributed by atoms with E-state index >= 15 is 0 Å². The van der Waals surface area contributed by atoms with Crippen molar-refractivity contribution in [2.75, 3.05) is 34.8 Å². The Hall–Kier alpha value is -2.70. The molecule has 2 aliphatic heterocycles. The number of anilines is 4. The number of amides is 1. The molecule has 1 fully saturated rings. The van der Waals surface area contributed by atoms with Crippen molar-refractivity contribution >= 4 is 28.7 Å². The third-order valence-electron chi connectivity index (χ3n) is 5.65. The second-order valence-electron chi connectivity index (χ2n) is 7.67. The average molecular weight is 403 g/mol. The van der Waals surface area contributed by atoms with Gasteiger partial charge >= 0.3 is 6.18 Å². The Kier molecular flexibility index (Phi) is 5.15. The summed E-state index contributed by atoms with van der Waals surface area (Å²) in [7, 11) is 0. The minimum atomic E-state index is -4.39. The number of rotatable bonds is 3. The van der Waals surface area contributed by atoms with Gasteiger partial charge in [-0.05, 0) is 67.6 Å². The van der Waals surface area contributed by atoms with E-state index < -0.39 is 11.7 Å². The lowest BCUT2D eigenvalue weighted by molar-refractivity contribution is -0.137. The van der Waals surface area contributed by atoms with Gasteiger partial charge in [0.05, 0.1) is 16.9 Å². The highest BCUT2D eigenvalue weighted by molar-refractivity contribution is 5.94. The lowest BCUT2D eigenvalue weighted by Gasteiger charge is -2.31. The fraction of sp³-hybridized carbons (Fsp3) is 0.409. The minimum Gasteiger partial charge on any atom is -0.370 e. The van der Waals surface area contributed by atoms with Crippen molar-refractivity contribution in [1.29, 1.82) is 0 Å². The maximum Gasteiger partial charge on any atom is 0.416 e. The van der Waals surface area contributed by atoms with E-state index in [0.717, 1.165) is 67.5 Å². The molecule has 29 heavy (non-hydrogen) atoms. The Labute approximate surface area is 168 Å². The molecule has 2 aromatic carbocycles.